The smallest absolute Gasteiger partial charge is 0.410 e. The van der Waals surface area contributed by atoms with Crippen molar-refractivity contribution >= 4 is 6.09 Å². The van der Waals surface area contributed by atoms with E-state index in [0.717, 1.165) is 0 Å². The lowest BCUT2D eigenvalue weighted by atomic mass is 10.1. The number of hydrogen-bond acceptors (Lipinski definition) is 3. The highest BCUT2D eigenvalue weighted by Crippen LogP contribution is 2.19. The summed E-state index contributed by atoms with van der Waals surface area (Å²) in [6.45, 7) is 5.64. The molecule has 0 bridgehead atoms. The molecule has 0 aromatic heterocycles. The van der Waals surface area contributed by atoms with E-state index in [9.17, 15) is 9.18 Å². The van der Waals surface area contributed by atoms with Crippen LogP contribution in [0, 0.1) is 0 Å². The van der Waals surface area contributed by atoms with E-state index >= 15 is 0 Å². The van der Waals surface area contributed by atoms with Crippen molar-refractivity contribution in [1.29, 1.82) is 0 Å². The maximum absolute atomic E-state index is 13.4. The molecular weight excluding hydrogens is 227 g/mol. The Morgan fingerprint density at radius 1 is 1.59 bits per heavy atom. The Morgan fingerprint density at radius 2 is 2.24 bits per heavy atom. The molecule has 0 unspecified atom stereocenters. The predicted molar refractivity (Wildman–Crippen MR) is 60.3 cm³/mol. The highest BCUT2D eigenvalue weighted by molar-refractivity contribution is 5.68. The van der Waals surface area contributed by atoms with E-state index in [4.69, 9.17) is 10.3 Å². The predicted octanol–water partition coefficient (Wildman–Crippen LogP) is 2.64. The quantitative estimate of drug-likeness (QED) is 0.404. The van der Waals surface area contributed by atoms with Gasteiger partial charge in [-0.05, 0) is 32.7 Å². The van der Waals surface area contributed by atoms with Crippen molar-refractivity contribution in [2.45, 2.75) is 45.0 Å². The normalized spacial score (nSPS) is 25.1. The summed E-state index contributed by atoms with van der Waals surface area (Å²) in [5, 5.41) is 3.35. The van der Waals surface area contributed by atoms with Gasteiger partial charge in [0.05, 0.1) is 6.04 Å². The van der Waals surface area contributed by atoms with E-state index < -0.39 is 23.9 Å². The monoisotopic (exact) mass is 244 g/mol. The molecule has 1 saturated heterocycles. The van der Waals surface area contributed by atoms with Gasteiger partial charge < -0.3 is 9.64 Å². The molecule has 1 heterocycles. The van der Waals surface area contributed by atoms with Gasteiger partial charge in [-0.1, -0.05) is 5.11 Å². The minimum Gasteiger partial charge on any atom is -0.444 e. The summed E-state index contributed by atoms with van der Waals surface area (Å²) in [5.41, 5.74) is 7.72. The molecule has 2 atom stereocenters. The number of hydrogen-bond donors (Lipinski definition) is 0. The second-order valence-electron chi connectivity index (χ2n) is 5.00. The van der Waals surface area contributed by atoms with Crippen molar-refractivity contribution in [3.05, 3.63) is 10.4 Å². The van der Waals surface area contributed by atoms with E-state index in [-0.39, 0.29) is 19.5 Å². The number of carbonyl (C=O) groups excluding carboxylic acids is 1. The van der Waals surface area contributed by atoms with E-state index in [1.807, 2.05) is 0 Å². The van der Waals surface area contributed by atoms with Gasteiger partial charge >= 0.3 is 6.09 Å². The molecule has 1 aliphatic heterocycles. The zero-order chi connectivity index (χ0) is 13.1. The van der Waals surface area contributed by atoms with E-state index in [2.05, 4.69) is 10.0 Å². The van der Waals surface area contributed by atoms with Crippen LogP contribution in [-0.2, 0) is 4.74 Å². The molecule has 0 aliphatic carbocycles. The first kappa shape index (κ1) is 13.6. The molecule has 7 heteroatoms. The minimum absolute atomic E-state index is 0.0696. The third-order valence-electron chi connectivity index (χ3n) is 2.35. The van der Waals surface area contributed by atoms with Gasteiger partial charge in [0.15, 0.2) is 0 Å². The molecule has 96 valence electrons. The topological polar surface area (TPSA) is 78.3 Å². The summed E-state index contributed by atoms with van der Waals surface area (Å²) in [5.74, 6) is 0. The maximum Gasteiger partial charge on any atom is 0.410 e. The Morgan fingerprint density at radius 3 is 2.76 bits per heavy atom. The molecule has 0 radical (unpaired) electrons. The number of carbonyl (C=O) groups is 1. The Hall–Kier alpha value is -1.49. The Balaban J connectivity index is 2.61. The van der Waals surface area contributed by atoms with Crippen molar-refractivity contribution in [1.82, 2.24) is 4.90 Å². The van der Waals surface area contributed by atoms with Crippen LogP contribution in [0.3, 0.4) is 0 Å². The van der Waals surface area contributed by atoms with Crippen molar-refractivity contribution in [3.63, 3.8) is 0 Å². The molecule has 1 fully saturated rings. The van der Waals surface area contributed by atoms with Crippen LogP contribution >= 0.6 is 0 Å². The molecule has 0 N–H and O–H groups in total. The van der Waals surface area contributed by atoms with E-state index in [0.29, 0.717) is 0 Å². The van der Waals surface area contributed by atoms with Gasteiger partial charge in [-0.15, -0.1) is 0 Å². The zero-order valence-corrected chi connectivity index (χ0v) is 10.3. The number of piperidine rings is 1. The summed E-state index contributed by atoms with van der Waals surface area (Å²) in [6.07, 6.45) is -1.52. The first-order chi connectivity index (χ1) is 7.83. The molecule has 0 saturated carbocycles. The largest absolute Gasteiger partial charge is 0.444 e. The van der Waals surface area contributed by atoms with Gasteiger partial charge in [-0.25, -0.2) is 9.18 Å². The van der Waals surface area contributed by atoms with Crippen molar-refractivity contribution < 1.29 is 13.9 Å². The zero-order valence-electron chi connectivity index (χ0n) is 10.3. The van der Waals surface area contributed by atoms with Gasteiger partial charge in [0.25, 0.3) is 0 Å². The lowest BCUT2D eigenvalue weighted by Crippen LogP contribution is -2.48. The van der Waals surface area contributed by atoms with Crippen molar-refractivity contribution in [2.75, 3.05) is 13.1 Å². The molecule has 0 aromatic carbocycles. The number of halogens is 1. The highest BCUT2D eigenvalue weighted by Gasteiger charge is 2.32. The fraction of sp³-hybridized carbons (Fsp3) is 0.900. The van der Waals surface area contributed by atoms with Gasteiger partial charge in [-0.3, -0.25) is 0 Å². The van der Waals surface area contributed by atoms with Crippen LogP contribution in [0.1, 0.15) is 27.2 Å². The minimum atomic E-state index is -1.19. The number of rotatable bonds is 1. The number of alkyl halides is 1. The molecule has 0 spiro atoms. The summed E-state index contributed by atoms with van der Waals surface area (Å²) >= 11 is 0. The van der Waals surface area contributed by atoms with Crippen LogP contribution in [0.4, 0.5) is 9.18 Å². The maximum atomic E-state index is 13.4. The average Bonchev–Trinajstić information content (AvgIpc) is 2.19. The second-order valence-corrected chi connectivity index (χ2v) is 5.00. The summed E-state index contributed by atoms with van der Waals surface area (Å²) in [7, 11) is 0. The standard InChI is InChI=1S/C10H17FN4O2/c1-10(2,3)17-9(16)15-5-4-7(11)8(6-15)13-14-12/h7-8H,4-6H2,1-3H3/t7-,8+/m0/s1. The Bertz CT molecular complexity index is 336. The SMILES string of the molecule is CC(C)(C)OC(=O)N1CC[C@H](F)[C@H](N=[N+]=[N-])C1. The number of nitrogens with zero attached hydrogens (tertiary/aromatic N) is 4. The molecular formula is C10H17FN4O2. The Labute approximate surface area is 99.4 Å². The van der Waals surface area contributed by atoms with Crippen LogP contribution in [0.5, 0.6) is 0 Å². The van der Waals surface area contributed by atoms with Crippen LogP contribution in [0.2, 0.25) is 0 Å². The van der Waals surface area contributed by atoms with Crippen LogP contribution < -0.4 is 0 Å². The third-order valence-corrected chi connectivity index (χ3v) is 2.35. The number of amides is 1. The first-order valence-corrected chi connectivity index (χ1v) is 5.49. The van der Waals surface area contributed by atoms with Gasteiger partial charge in [-0.2, -0.15) is 0 Å². The molecule has 1 amide bonds. The van der Waals surface area contributed by atoms with Crippen molar-refractivity contribution in [3.8, 4) is 0 Å². The van der Waals surface area contributed by atoms with E-state index in [1.54, 1.807) is 20.8 Å². The fourth-order valence-electron chi connectivity index (χ4n) is 1.57. The van der Waals surface area contributed by atoms with Crippen LogP contribution in [0.15, 0.2) is 5.11 Å². The second kappa shape index (κ2) is 5.23. The number of likely N-dealkylation sites (tertiary alicyclic amines) is 1. The number of azide groups is 1. The van der Waals surface area contributed by atoms with E-state index in [1.165, 1.54) is 4.90 Å². The summed E-state index contributed by atoms with van der Waals surface area (Å²) < 4.78 is 18.5. The molecule has 1 aliphatic rings. The van der Waals surface area contributed by atoms with Crippen LogP contribution in [0.25, 0.3) is 10.4 Å². The lowest BCUT2D eigenvalue weighted by molar-refractivity contribution is 0.0139. The van der Waals surface area contributed by atoms with Crippen LogP contribution in [-0.4, -0.2) is 41.9 Å². The summed E-state index contributed by atoms with van der Waals surface area (Å²) in [6, 6.07) is -0.818. The first-order valence-electron chi connectivity index (χ1n) is 5.49. The van der Waals surface area contributed by atoms with Crippen molar-refractivity contribution in [2.24, 2.45) is 5.11 Å². The molecule has 1 rings (SSSR count). The van der Waals surface area contributed by atoms with Gasteiger partial charge in [0, 0.05) is 18.0 Å². The Kier molecular flexibility index (Phi) is 4.17. The average molecular weight is 244 g/mol. The summed E-state index contributed by atoms with van der Waals surface area (Å²) in [4.78, 5) is 15.7. The highest BCUT2D eigenvalue weighted by atomic mass is 19.1. The van der Waals surface area contributed by atoms with Gasteiger partial charge in [0.1, 0.15) is 11.8 Å². The number of ether oxygens (including phenoxy) is 1. The molecule has 6 nitrogen and oxygen atoms in total. The lowest BCUT2D eigenvalue weighted by Gasteiger charge is -2.34. The fourth-order valence-corrected chi connectivity index (χ4v) is 1.57. The molecule has 17 heavy (non-hydrogen) atoms. The third kappa shape index (κ3) is 4.11. The molecule has 0 aromatic rings. The van der Waals surface area contributed by atoms with Gasteiger partial charge in [0.2, 0.25) is 0 Å².